The Kier molecular flexibility index (Phi) is 7.76. The Morgan fingerprint density at radius 1 is 1.02 bits per heavy atom. The molecule has 0 bridgehead atoms. The Labute approximate surface area is 271 Å². The number of benzene rings is 3. The van der Waals surface area contributed by atoms with Gasteiger partial charge in [0.2, 0.25) is 5.91 Å². The molecule has 244 valence electrons. The lowest BCUT2D eigenvalue weighted by Gasteiger charge is -2.52. The fourth-order valence-electron chi connectivity index (χ4n) is 7.86. The summed E-state index contributed by atoms with van der Waals surface area (Å²) in [5.74, 6) is -10.5. The third-order valence-electron chi connectivity index (χ3n) is 9.89. The van der Waals surface area contributed by atoms with E-state index in [1.807, 2.05) is 42.5 Å². The van der Waals surface area contributed by atoms with Gasteiger partial charge in [0.05, 0.1) is 28.9 Å². The maximum atomic E-state index is 14.3. The molecule has 0 heterocycles. The number of phenolic OH excluding ortho intramolecular Hbond substituents is 1. The zero-order valence-corrected chi connectivity index (χ0v) is 26.8. The van der Waals surface area contributed by atoms with Gasteiger partial charge in [0.1, 0.15) is 11.6 Å². The van der Waals surface area contributed by atoms with Gasteiger partial charge in [0.25, 0.3) is 0 Å². The summed E-state index contributed by atoms with van der Waals surface area (Å²) in [4.78, 5) is 75.6. The molecule has 0 aliphatic heterocycles. The van der Waals surface area contributed by atoms with E-state index in [1.165, 1.54) is 4.90 Å². The molecule has 3 aromatic rings. The van der Waals surface area contributed by atoms with E-state index < -0.39 is 70.1 Å². The smallest absolute Gasteiger partial charge is 0.235 e. The van der Waals surface area contributed by atoms with Gasteiger partial charge in [-0.1, -0.05) is 36.4 Å². The summed E-state index contributed by atoms with van der Waals surface area (Å²) in [6.07, 6.45) is 0.143. The maximum absolute atomic E-state index is 14.3. The second-order valence-electron chi connectivity index (χ2n) is 13.1. The number of rotatable bonds is 5. The van der Waals surface area contributed by atoms with Crippen LogP contribution in [0.1, 0.15) is 29.3 Å². The van der Waals surface area contributed by atoms with E-state index >= 15 is 0 Å². The molecule has 3 aromatic carbocycles. The number of ketones is 4. The second kappa shape index (κ2) is 11.4. The first-order valence-corrected chi connectivity index (χ1v) is 15.4. The molecule has 0 saturated heterocycles. The number of hydrogen-bond acceptors (Lipinski definition) is 10. The highest BCUT2D eigenvalue weighted by atomic mass is 16.3. The molecule has 2 fully saturated rings. The van der Waals surface area contributed by atoms with E-state index in [4.69, 9.17) is 10.7 Å². The number of fused-ring (bicyclic) bond motifs is 4. The summed E-state index contributed by atoms with van der Waals surface area (Å²) in [7, 11) is 6.69. The molecule has 2 saturated carbocycles. The third kappa shape index (κ3) is 4.82. The monoisotopic (exact) mass is 639 g/mol. The average Bonchev–Trinajstić information content (AvgIpc) is 3.00. The first-order valence-electron chi connectivity index (χ1n) is 15.4. The molecule has 0 aromatic heterocycles. The van der Waals surface area contributed by atoms with Gasteiger partial charge in [-0.3, -0.25) is 28.9 Å². The highest BCUT2D eigenvalue weighted by molar-refractivity contribution is 6.32. The molecule has 3 aliphatic carbocycles. The van der Waals surface area contributed by atoms with Crippen molar-refractivity contribution in [1.29, 1.82) is 0 Å². The fourth-order valence-corrected chi connectivity index (χ4v) is 7.86. The van der Waals surface area contributed by atoms with Crippen molar-refractivity contribution in [3.05, 3.63) is 59.7 Å². The van der Waals surface area contributed by atoms with Crippen LogP contribution in [0.5, 0.6) is 5.75 Å². The second-order valence-corrected chi connectivity index (χ2v) is 13.1. The minimum atomic E-state index is -2.78. The first kappa shape index (κ1) is 32.0. The number of amides is 1. The van der Waals surface area contributed by atoms with Crippen molar-refractivity contribution in [2.75, 3.05) is 38.4 Å². The summed E-state index contributed by atoms with van der Waals surface area (Å²) in [5.41, 5.74) is 4.55. The number of carbonyl (C=O) groups excluding carboxylic acids is 5. The Bertz CT molecular complexity index is 1910. The first-order chi connectivity index (χ1) is 22.2. The Morgan fingerprint density at radius 2 is 1.70 bits per heavy atom. The van der Waals surface area contributed by atoms with Gasteiger partial charge in [-0.2, -0.15) is 0 Å². The molecule has 12 nitrogen and oxygen atoms in total. The molecular weight excluding hydrogens is 602 g/mol. The van der Waals surface area contributed by atoms with Gasteiger partial charge >= 0.3 is 0 Å². The number of nitrogens with two attached hydrogens (primary N) is 1. The summed E-state index contributed by atoms with van der Waals surface area (Å²) in [6.45, 7) is 1.72. The molecule has 0 radical (unpaired) electrons. The molecule has 6 rings (SSSR count). The van der Waals surface area contributed by atoms with Crippen LogP contribution in [0.2, 0.25) is 0 Å². The van der Waals surface area contributed by atoms with Crippen molar-refractivity contribution in [3.63, 3.8) is 0 Å². The number of phenols is 1. The number of anilines is 2. The summed E-state index contributed by atoms with van der Waals surface area (Å²) < 4.78 is 0. The highest BCUT2D eigenvalue weighted by Crippen LogP contribution is 2.52. The number of amidine groups is 1. The van der Waals surface area contributed by atoms with Crippen LogP contribution in [0.15, 0.2) is 53.5 Å². The summed E-state index contributed by atoms with van der Waals surface area (Å²) in [5, 5.41) is 28.5. The number of likely N-dealkylation sites (N-methyl/N-ethyl adjacent to an activating group) is 1. The zero-order valence-electron chi connectivity index (χ0n) is 26.8. The predicted molar refractivity (Wildman–Crippen MR) is 176 cm³/mol. The number of aliphatic imine (C=N–C) groups is 1. The van der Waals surface area contributed by atoms with Crippen molar-refractivity contribution < 1.29 is 34.2 Å². The molecular formula is C35H37N5O7. The number of aromatic hydroxyl groups is 1. The van der Waals surface area contributed by atoms with E-state index in [2.05, 4.69) is 5.32 Å². The van der Waals surface area contributed by atoms with Gasteiger partial charge < -0.3 is 26.2 Å². The SMILES string of the molecule is CC(=Nc1cccc2ccccc12)Nc1cc(N(C)C)c2c(c1O)C(=O)C1C(=O)[C@@]3(O)C(=O)C(C(N)=O)C(=O)[C@H](N(C)C)[C@H]3C[C@H]1C2. The molecule has 1 amide bonds. The van der Waals surface area contributed by atoms with Crippen LogP contribution in [0, 0.1) is 23.7 Å². The number of carbonyl (C=O) groups is 5. The van der Waals surface area contributed by atoms with E-state index in [0.717, 1.165) is 10.8 Å². The number of aliphatic hydroxyl groups is 1. The zero-order chi connectivity index (χ0) is 34.1. The molecule has 3 aliphatic rings. The van der Waals surface area contributed by atoms with Gasteiger partial charge in [0, 0.05) is 31.1 Å². The van der Waals surface area contributed by atoms with E-state index in [-0.39, 0.29) is 24.1 Å². The van der Waals surface area contributed by atoms with Gasteiger partial charge in [-0.15, -0.1) is 0 Å². The quantitative estimate of drug-likeness (QED) is 0.140. The van der Waals surface area contributed by atoms with Crippen LogP contribution in [-0.4, -0.2) is 89.8 Å². The molecule has 2 unspecified atom stereocenters. The van der Waals surface area contributed by atoms with Gasteiger partial charge in [-0.25, -0.2) is 4.99 Å². The fraction of sp³-hybridized carbons (Fsp3) is 0.371. The Morgan fingerprint density at radius 3 is 2.36 bits per heavy atom. The molecule has 12 heteroatoms. The number of nitrogens with one attached hydrogen (secondary N) is 1. The van der Waals surface area contributed by atoms with Gasteiger partial charge in [-0.05, 0) is 62.9 Å². The largest absolute Gasteiger partial charge is 0.505 e. The molecule has 0 spiro atoms. The van der Waals surface area contributed by atoms with Gasteiger partial charge in [0.15, 0.2) is 34.7 Å². The minimum absolute atomic E-state index is 0.0195. The lowest BCUT2D eigenvalue weighted by molar-refractivity contribution is -0.181. The number of Topliss-reactive ketones (excluding diaryl/α,β-unsaturated/α-hetero) is 4. The van der Waals surface area contributed by atoms with Crippen molar-refractivity contribution >= 4 is 62.7 Å². The van der Waals surface area contributed by atoms with E-state index in [1.54, 1.807) is 46.1 Å². The van der Waals surface area contributed by atoms with Crippen LogP contribution in [0.3, 0.4) is 0 Å². The topological polar surface area (TPSA) is 183 Å². The summed E-state index contributed by atoms with van der Waals surface area (Å²) >= 11 is 0. The maximum Gasteiger partial charge on any atom is 0.235 e. The Balaban J connectivity index is 1.43. The molecule has 47 heavy (non-hydrogen) atoms. The predicted octanol–water partition coefficient (Wildman–Crippen LogP) is 2.25. The lowest BCUT2D eigenvalue weighted by Crippen LogP contribution is -2.74. The van der Waals surface area contributed by atoms with E-state index in [9.17, 15) is 34.2 Å². The summed E-state index contributed by atoms with van der Waals surface area (Å²) in [6, 6.07) is 14.1. The lowest BCUT2D eigenvalue weighted by atomic mass is 9.52. The van der Waals surface area contributed by atoms with Crippen molar-refractivity contribution in [2.45, 2.75) is 31.4 Å². The van der Waals surface area contributed by atoms with Crippen LogP contribution in [0.25, 0.3) is 10.8 Å². The number of primary amides is 1. The van der Waals surface area contributed by atoms with Crippen LogP contribution in [0.4, 0.5) is 17.1 Å². The minimum Gasteiger partial charge on any atom is -0.505 e. The third-order valence-corrected chi connectivity index (χ3v) is 9.89. The van der Waals surface area contributed by atoms with Crippen LogP contribution < -0.4 is 16.0 Å². The van der Waals surface area contributed by atoms with Crippen molar-refractivity contribution in [3.8, 4) is 5.75 Å². The van der Waals surface area contributed by atoms with Crippen molar-refractivity contribution in [2.24, 2.45) is 34.4 Å². The molecule has 6 atom stereocenters. The van der Waals surface area contributed by atoms with Crippen molar-refractivity contribution in [1.82, 2.24) is 4.90 Å². The number of nitrogens with zero attached hydrogens (tertiary/aromatic N) is 3. The normalized spacial score (nSPS) is 27.4. The van der Waals surface area contributed by atoms with Crippen LogP contribution >= 0.6 is 0 Å². The standard InChI is InChI=1S/C35H37N5O7/c1-16(37-22-12-8-10-17-9-6-7-11-19(17)22)38-23-15-24(39(2)3)20-13-18-14-21-28(40(4)5)31(43)27(34(36)46)33(45)35(21,47)32(44)25(18)30(42)26(20)29(23)41/h6-12,15,18,21,25,27-28,41,47H,13-14H2,1-5H3,(H2,36,46)(H,37,38)/t18-,21-,25?,27?,28-,35-/m1/s1. The highest BCUT2D eigenvalue weighted by Gasteiger charge is 2.69. The van der Waals surface area contributed by atoms with Crippen LogP contribution in [-0.2, 0) is 25.6 Å². The number of hydrogen-bond donors (Lipinski definition) is 4. The Hall–Kier alpha value is -4.94. The molecule has 5 N–H and O–H groups in total. The average molecular weight is 640 g/mol. The van der Waals surface area contributed by atoms with E-state index in [0.29, 0.717) is 22.8 Å².